The zero-order chi connectivity index (χ0) is 13.1. The molecule has 1 aromatic carbocycles. The number of hydrogen-bond donors (Lipinski definition) is 1. The summed E-state index contributed by atoms with van der Waals surface area (Å²) < 4.78 is 14.6. The Morgan fingerprint density at radius 2 is 2.28 bits per heavy atom. The van der Waals surface area contributed by atoms with Crippen LogP contribution in [0.4, 0.5) is 4.39 Å². The monoisotopic (exact) mass is 328 g/mol. The molecule has 0 aliphatic rings. The molecule has 5 heteroatoms. The van der Waals surface area contributed by atoms with Crippen molar-refractivity contribution in [1.82, 2.24) is 10.3 Å². The van der Waals surface area contributed by atoms with E-state index in [1.54, 1.807) is 6.07 Å². The Bertz CT molecular complexity index is 542. The van der Waals surface area contributed by atoms with Gasteiger partial charge >= 0.3 is 0 Å². The number of thiazole rings is 1. The predicted molar refractivity (Wildman–Crippen MR) is 77.3 cm³/mol. The highest BCUT2D eigenvalue weighted by Gasteiger charge is 2.13. The summed E-state index contributed by atoms with van der Waals surface area (Å²) in [5.74, 6) is -0.249. The molecule has 0 bridgehead atoms. The van der Waals surface area contributed by atoms with Gasteiger partial charge in [-0.25, -0.2) is 9.37 Å². The second-order valence-electron chi connectivity index (χ2n) is 3.98. The van der Waals surface area contributed by atoms with Gasteiger partial charge in [0.15, 0.2) is 0 Å². The molecule has 2 aromatic rings. The van der Waals surface area contributed by atoms with Crippen molar-refractivity contribution in [2.45, 2.75) is 19.9 Å². The summed E-state index contributed by atoms with van der Waals surface area (Å²) in [5, 5.41) is 5.99. The lowest BCUT2D eigenvalue weighted by Crippen LogP contribution is -2.17. The molecule has 0 spiro atoms. The first-order valence-corrected chi connectivity index (χ1v) is 7.43. The number of hydrogen-bond acceptors (Lipinski definition) is 3. The molecular formula is C13H14BrFN2S. The number of benzene rings is 1. The molecule has 18 heavy (non-hydrogen) atoms. The lowest BCUT2D eigenvalue weighted by atomic mass is 10.2. The van der Waals surface area contributed by atoms with Crippen LogP contribution in [-0.2, 0) is 0 Å². The third-order valence-electron chi connectivity index (χ3n) is 2.64. The fourth-order valence-corrected chi connectivity index (χ4v) is 2.96. The first-order chi connectivity index (χ1) is 8.61. The molecule has 1 N–H and O–H groups in total. The van der Waals surface area contributed by atoms with Crippen molar-refractivity contribution < 1.29 is 4.39 Å². The van der Waals surface area contributed by atoms with E-state index in [4.69, 9.17) is 0 Å². The van der Waals surface area contributed by atoms with E-state index in [0.29, 0.717) is 5.56 Å². The van der Waals surface area contributed by atoms with E-state index in [9.17, 15) is 4.39 Å². The molecule has 1 heterocycles. The van der Waals surface area contributed by atoms with E-state index < -0.39 is 0 Å². The maximum atomic E-state index is 13.8. The average Bonchev–Trinajstić information content (AvgIpc) is 2.78. The molecule has 0 fully saturated rings. The Hall–Kier alpha value is -0.780. The van der Waals surface area contributed by atoms with Crippen LogP contribution in [0.15, 0.2) is 28.1 Å². The fourth-order valence-electron chi connectivity index (χ4n) is 1.68. The molecule has 0 radical (unpaired) electrons. The third kappa shape index (κ3) is 2.96. The molecule has 0 aliphatic heterocycles. The van der Waals surface area contributed by atoms with Gasteiger partial charge < -0.3 is 5.32 Å². The van der Waals surface area contributed by atoms with E-state index in [2.05, 4.69) is 40.1 Å². The van der Waals surface area contributed by atoms with Gasteiger partial charge in [0.1, 0.15) is 10.8 Å². The summed E-state index contributed by atoms with van der Waals surface area (Å²) in [6, 6.07) is 5.23. The van der Waals surface area contributed by atoms with Crippen LogP contribution in [0, 0.1) is 5.82 Å². The zero-order valence-electron chi connectivity index (χ0n) is 10.2. The van der Waals surface area contributed by atoms with Gasteiger partial charge in [0.2, 0.25) is 0 Å². The Morgan fingerprint density at radius 3 is 2.94 bits per heavy atom. The first kappa shape index (κ1) is 13.6. The van der Waals surface area contributed by atoms with Gasteiger partial charge in [0.25, 0.3) is 0 Å². The Morgan fingerprint density at radius 1 is 1.50 bits per heavy atom. The van der Waals surface area contributed by atoms with Crippen LogP contribution >= 0.6 is 27.3 Å². The second-order valence-corrected chi connectivity index (χ2v) is 5.75. The molecule has 0 aliphatic carbocycles. The largest absolute Gasteiger partial charge is 0.309 e. The van der Waals surface area contributed by atoms with Crippen LogP contribution in [0.5, 0.6) is 0 Å². The Balaban J connectivity index is 2.29. The first-order valence-electron chi connectivity index (χ1n) is 5.76. The molecule has 1 aromatic heterocycles. The minimum atomic E-state index is -0.249. The summed E-state index contributed by atoms with van der Waals surface area (Å²) in [5.41, 5.74) is 1.51. The number of nitrogens with zero attached hydrogens (tertiary/aromatic N) is 1. The molecule has 2 rings (SSSR count). The summed E-state index contributed by atoms with van der Waals surface area (Å²) in [6.07, 6.45) is 0. The van der Waals surface area contributed by atoms with Crippen molar-refractivity contribution >= 4 is 27.3 Å². The highest BCUT2D eigenvalue weighted by atomic mass is 79.9. The summed E-state index contributed by atoms with van der Waals surface area (Å²) >= 11 is 4.72. The van der Waals surface area contributed by atoms with Gasteiger partial charge in [0, 0.05) is 21.5 Å². The molecule has 1 atom stereocenters. The van der Waals surface area contributed by atoms with Crippen LogP contribution in [0.25, 0.3) is 10.6 Å². The second kappa shape index (κ2) is 5.91. The molecule has 0 saturated heterocycles. The van der Waals surface area contributed by atoms with Gasteiger partial charge in [-0.2, -0.15) is 0 Å². The normalized spacial score (nSPS) is 12.7. The van der Waals surface area contributed by atoms with Crippen molar-refractivity contribution in [3.05, 3.63) is 39.6 Å². The summed E-state index contributed by atoms with van der Waals surface area (Å²) in [6.45, 7) is 5.00. The Kier molecular flexibility index (Phi) is 4.48. The predicted octanol–water partition coefficient (Wildman–Crippen LogP) is 4.38. The molecule has 2 nitrogen and oxygen atoms in total. The standard InChI is InChI=1S/C13H14BrFN2S/c1-3-16-8(2)12-7-18-13(17-12)10-5-4-9(14)6-11(10)15/h4-8,16H,3H2,1-2H3. The topological polar surface area (TPSA) is 24.9 Å². The van der Waals surface area contributed by atoms with Crippen molar-refractivity contribution in [1.29, 1.82) is 0 Å². The van der Waals surface area contributed by atoms with Crippen LogP contribution in [0.2, 0.25) is 0 Å². The maximum Gasteiger partial charge on any atom is 0.134 e. The minimum Gasteiger partial charge on any atom is -0.309 e. The zero-order valence-corrected chi connectivity index (χ0v) is 12.6. The molecule has 0 amide bonds. The van der Waals surface area contributed by atoms with Crippen molar-refractivity contribution in [3.63, 3.8) is 0 Å². The van der Waals surface area contributed by atoms with Crippen LogP contribution in [0.1, 0.15) is 25.6 Å². The summed E-state index contributed by atoms with van der Waals surface area (Å²) in [4.78, 5) is 4.49. The average molecular weight is 329 g/mol. The third-order valence-corrected chi connectivity index (χ3v) is 4.02. The SMILES string of the molecule is CCNC(C)c1csc(-c2ccc(Br)cc2F)n1. The lowest BCUT2D eigenvalue weighted by Gasteiger charge is -2.08. The minimum absolute atomic E-state index is 0.193. The van der Waals surface area contributed by atoms with Crippen molar-refractivity contribution in [2.75, 3.05) is 6.54 Å². The van der Waals surface area contributed by atoms with Gasteiger partial charge in [-0.1, -0.05) is 22.9 Å². The van der Waals surface area contributed by atoms with Crippen LogP contribution in [0.3, 0.4) is 0 Å². The van der Waals surface area contributed by atoms with Crippen molar-refractivity contribution in [3.8, 4) is 10.6 Å². The maximum absolute atomic E-state index is 13.8. The van der Waals surface area contributed by atoms with Gasteiger partial charge in [0.05, 0.1) is 5.69 Å². The lowest BCUT2D eigenvalue weighted by molar-refractivity contribution is 0.586. The van der Waals surface area contributed by atoms with E-state index in [1.807, 2.05) is 11.4 Å². The van der Waals surface area contributed by atoms with Crippen molar-refractivity contribution in [2.24, 2.45) is 0 Å². The highest BCUT2D eigenvalue weighted by Crippen LogP contribution is 2.29. The number of rotatable bonds is 4. The van der Waals surface area contributed by atoms with Crippen LogP contribution < -0.4 is 5.32 Å². The van der Waals surface area contributed by atoms with E-state index >= 15 is 0 Å². The number of halogens is 2. The van der Waals surface area contributed by atoms with Crippen LogP contribution in [-0.4, -0.2) is 11.5 Å². The molecule has 1 unspecified atom stereocenters. The van der Waals surface area contributed by atoms with E-state index in [1.165, 1.54) is 17.4 Å². The van der Waals surface area contributed by atoms with Gasteiger partial charge in [-0.3, -0.25) is 0 Å². The fraction of sp³-hybridized carbons (Fsp3) is 0.308. The smallest absolute Gasteiger partial charge is 0.134 e. The number of nitrogens with one attached hydrogen (secondary N) is 1. The van der Waals surface area contributed by atoms with E-state index in [0.717, 1.165) is 21.7 Å². The number of aromatic nitrogens is 1. The quantitative estimate of drug-likeness (QED) is 0.900. The van der Waals surface area contributed by atoms with Gasteiger partial charge in [-0.05, 0) is 31.7 Å². The highest BCUT2D eigenvalue weighted by molar-refractivity contribution is 9.10. The summed E-state index contributed by atoms with van der Waals surface area (Å²) in [7, 11) is 0. The van der Waals surface area contributed by atoms with E-state index in [-0.39, 0.29) is 11.9 Å². The molecule has 96 valence electrons. The van der Waals surface area contributed by atoms with Gasteiger partial charge in [-0.15, -0.1) is 11.3 Å². The molecule has 0 saturated carbocycles. The Labute approximate surface area is 118 Å². The molecular weight excluding hydrogens is 315 g/mol.